The summed E-state index contributed by atoms with van der Waals surface area (Å²) in [5.41, 5.74) is -0.703. The van der Waals surface area contributed by atoms with Crippen molar-refractivity contribution in [2.75, 3.05) is 26.3 Å². The van der Waals surface area contributed by atoms with E-state index in [4.69, 9.17) is 4.74 Å². The first-order chi connectivity index (χ1) is 7.20. The first kappa shape index (κ1) is 10.9. The fourth-order valence-corrected chi connectivity index (χ4v) is 2.29. The number of hydrogen-bond acceptors (Lipinski definition) is 3. The van der Waals surface area contributed by atoms with Crippen molar-refractivity contribution in [3.8, 4) is 0 Å². The second kappa shape index (κ2) is 4.49. The maximum absolute atomic E-state index is 11.6. The number of aliphatic hydroxyl groups is 1. The van der Waals surface area contributed by atoms with Crippen LogP contribution >= 0.6 is 0 Å². The monoisotopic (exact) mass is 213 g/mol. The summed E-state index contributed by atoms with van der Waals surface area (Å²) in [7, 11) is 0. The Hall–Kier alpha value is -0.610. The van der Waals surface area contributed by atoms with E-state index in [0.717, 1.165) is 19.4 Å². The Bertz CT molecular complexity index is 236. The van der Waals surface area contributed by atoms with E-state index in [9.17, 15) is 9.90 Å². The highest BCUT2D eigenvalue weighted by Gasteiger charge is 2.34. The summed E-state index contributed by atoms with van der Waals surface area (Å²) in [5.74, 6) is 0.196. The minimum absolute atomic E-state index is 0.196. The smallest absolute Gasteiger partial charge is 0.222 e. The molecule has 2 heterocycles. The van der Waals surface area contributed by atoms with Gasteiger partial charge < -0.3 is 14.7 Å². The molecule has 0 aromatic heterocycles. The van der Waals surface area contributed by atoms with E-state index >= 15 is 0 Å². The molecule has 2 saturated heterocycles. The molecule has 2 aliphatic heterocycles. The number of nitrogens with zero attached hydrogens (tertiary/aromatic N) is 1. The van der Waals surface area contributed by atoms with E-state index in [-0.39, 0.29) is 5.91 Å². The standard InChI is InChI=1S/C11H19NO3/c13-10-3-1-2-6-12(10)9-11(14)4-7-15-8-5-11/h14H,1-9H2. The fourth-order valence-electron chi connectivity index (χ4n) is 2.29. The minimum Gasteiger partial charge on any atom is -0.388 e. The molecule has 0 radical (unpaired) electrons. The Morgan fingerprint density at radius 2 is 2.07 bits per heavy atom. The Kier molecular flexibility index (Phi) is 3.26. The van der Waals surface area contributed by atoms with Crippen LogP contribution in [-0.4, -0.2) is 47.8 Å². The summed E-state index contributed by atoms with van der Waals surface area (Å²) in [6.45, 7) is 2.52. The minimum atomic E-state index is -0.703. The topological polar surface area (TPSA) is 49.8 Å². The fraction of sp³-hybridized carbons (Fsp3) is 0.909. The van der Waals surface area contributed by atoms with Crippen LogP contribution in [0.25, 0.3) is 0 Å². The normalized spacial score (nSPS) is 26.7. The predicted molar refractivity (Wildman–Crippen MR) is 55.4 cm³/mol. The molecule has 0 aromatic carbocycles. The highest BCUT2D eigenvalue weighted by molar-refractivity contribution is 5.76. The molecule has 4 nitrogen and oxygen atoms in total. The molecular formula is C11H19NO3. The van der Waals surface area contributed by atoms with Gasteiger partial charge >= 0.3 is 0 Å². The van der Waals surface area contributed by atoms with Crippen LogP contribution in [0.5, 0.6) is 0 Å². The van der Waals surface area contributed by atoms with E-state index in [2.05, 4.69) is 0 Å². The van der Waals surface area contributed by atoms with Crippen molar-refractivity contribution in [2.24, 2.45) is 0 Å². The highest BCUT2D eigenvalue weighted by Crippen LogP contribution is 2.23. The summed E-state index contributed by atoms with van der Waals surface area (Å²) in [5, 5.41) is 10.3. The van der Waals surface area contributed by atoms with Crippen LogP contribution in [0, 0.1) is 0 Å². The molecule has 86 valence electrons. The van der Waals surface area contributed by atoms with Gasteiger partial charge in [0, 0.05) is 45.6 Å². The van der Waals surface area contributed by atoms with Gasteiger partial charge in [0.1, 0.15) is 0 Å². The molecule has 4 heteroatoms. The lowest BCUT2D eigenvalue weighted by Crippen LogP contribution is -2.50. The van der Waals surface area contributed by atoms with Crippen molar-refractivity contribution >= 4 is 5.91 Å². The molecule has 0 unspecified atom stereocenters. The number of amides is 1. The van der Waals surface area contributed by atoms with Gasteiger partial charge in [-0.3, -0.25) is 4.79 Å². The van der Waals surface area contributed by atoms with Gasteiger partial charge in [-0.2, -0.15) is 0 Å². The Morgan fingerprint density at radius 3 is 2.73 bits per heavy atom. The van der Waals surface area contributed by atoms with Crippen LogP contribution in [0.1, 0.15) is 32.1 Å². The van der Waals surface area contributed by atoms with Gasteiger partial charge in [-0.05, 0) is 12.8 Å². The Labute approximate surface area is 90.2 Å². The maximum Gasteiger partial charge on any atom is 0.222 e. The number of carbonyl (C=O) groups is 1. The summed E-state index contributed by atoms with van der Waals surface area (Å²) in [6, 6.07) is 0. The Balaban J connectivity index is 1.91. The van der Waals surface area contributed by atoms with Gasteiger partial charge in [0.2, 0.25) is 5.91 Å². The van der Waals surface area contributed by atoms with Gasteiger partial charge in [-0.25, -0.2) is 0 Å². The number of carbonyl (C=O) groups excluding carboxylic acids is 1. The van der Waals surface area contributed by atoms with Gasteiger partial charge in [-0.1, -0.05) is 0 Å². The SMILES string of the molecule is O=C1CCCCN1CC1(O)CCOCC1. The largest absolute Gasteiger partial charge is 0.388 e. The predicted octanol–water partition coefficient (Wildman–Crippen LogP) is 0.540. The summed E-state index contributed by atoms with van der Waals surface area (Å²) < 4.78 is 5.22. The number of likely N-dealkylation sites (tertiary alicyclic amines) is 1. The number of rotatable bonds is 2. The van der Waals surface area contributed by atoms with Crippen molar-refractivity contribution in [3.63, 3.8) is 0 Å². The van der Waals surface area contributed by atoms with Crippen LogP contribution < -0.4 is 0 Å². The van der Waals surface area contributed by atoms with Crippen molar-refractivity contribution in [2.45, 2.75) is 37.7 Å². The van der Waals surface area contributed by atoms with Crippen molar-refractivity contribution < 1.29 is 14.6 Å². The van der Waals surface area contributed by atoms with E-state index in [1.54, 1.807) is 0 Å². The number of β-amino-alcohol motifs (C(OH)–C–C–N with tert-alkyl or cyclic N) is 1. The van der Waals surface area contributed by atoms with Gasteiger partial charge in [0.25, 0.3) is 0 Å². The van der Waals surface area contributed by atoms with Gasteiger partial charge in [-0.15, -0.1) is 0 Å². The lowest BCUT2D eigenvalue weighted by atomic mass is 9.93. The molecule has 0 atom stereocenters. The van der Waals surface area contributed by atoms with Crippen LogP contribution in [0.4, 0.5) is 0 Å². The molecule has 0 saturated carbocycles. The van der Waals surface area contributed by atoms with E-state index in [1.807, 2.05) is 4.90 Å². The third-order valence-electron chi connectivity index (χ3n) is 3.33. The second-order valence-corrected chi connectivity index (χ2v) is 4.61. The molecule has 1 N–H and O–H groups in total. The number of piperidine rings is 1. The quantitative estimate of drug-likeness (QED) is 0.728. The van der Waals surface area contributed by atoms with E-state index < -0.39 is 5.60 Å². The third kappa shape index (κ3) is 2.69. The van der Waals surface area contributed by atoms with Crippen molar-refractivity contribution in [1.29, 1.82) is 0 Å². The summed E-state index contributed by atoms with van der Waals surface area (Å²) >= 11 is 0. The zero-order valence-corrected chi connectivity index (χ0v) is 9.07. The average Bonchev–Trinajstić information content (AvgIpc) is 2.22. The molecule has 0 bridgehead atoms. The summed E-state index contributed by atoms with van der Waals surface area (Å²) in [4.78, 5) is 13.4. The third-order valence-corrected chi connectivity index (χ3v) is 3.33. The molecule has 2 fully saturated rings. The Morgan fingerprint density at radius 1 is 1.33 bits per heavy atom. The molecule has 1 amide bonds. The van der Waals surface area contributed by atoms with Crippen LogP contribution in [-0.2, 0) is 9.53 Å². The average molecular weight is 213 g/mol. The van der Waals surface area contributed by atoms with Gasteiger partial charge in [0.05, 0.1) is 5.60 Å². The molecular weight excluding hydrogens is 194 g/mol. The zero-order valence-electron chi connectivity index (χ0n) is 9.07. The first-order valence-corrected chi connectivity index (χ1v) is 5.78. The van der Waals surface area contributed by atoms with Crippen LogP contribution in [0.3, 0.4) is 0 Å². The van der Waals surface area contributed by atoms with E-state index in [1.165, 1.54) is 0 Å². The molecule has 0 aliphatic carbocycles. The lowest BCUT2D eigenvalue weighted by Gasteiger charge is -2.38. The molecule has 0 aromatic rings. The first-order valence-electron chi connectivity index (χ1n) is 5.78. The number of hydrogen-bond donors (Lipinski definition) is 1. The van der Waals surface area contributed by atoms with Crippen molar-refractivity contribution in [3.05, 3.63) is 0 Å². The summed E-state index contributed by atoms with van der Waals surface area (Å²) in [6.07, 6.45) is 4.01. The highest BCUT2D eigenvalue weighted by atomic mass is 16.5. The molecule has 15 heavy (non-hydrogen) atoms. The van der Waals surface area contributed by atoms with Crippen LogP contribution in [0.15, 0.2) is 0 Å². The molecule has 0 spiro atoms. The van der Waals surface area contributed by atoms with Crippen LogP contribution in [0.2, 0.25) is 0 Å². The number of ether oxygens (including phenoxy) is 1. The second-order valence-electron chi connectivity index (χ2n) is 4.61. The maximum atomic E-state index is 11.6. The van der Waals surface area contributed by atoms with E-state index in [0.29, 0.717) is 39.0 Å². The lowest BCUT2D eigenvalue weighted by molar-refractivity contribution is -0.141. The zero-order chi connectivity index (χ0) is 10.7. The van der Waals surface area contributed by atoms with Gasteiger partial charge in [0.15, 0.2) is 0 Å². The molecule has 2 rings (SSSR count). The van der Waals surface area contributed by atoms with Crippen molar-refractivity contribution in [1.82, 2.24) is 4.90 Å². The molecule has 2 aliphatic rings.